The molecule has 6 rings (SSSR count). The van der Waals surface area contributed by atoms with Crippen molar-refractivity contribution in [1.82, 2.24) is 24.4 Å². The normalized spacial score (nSPS) is 21.5. The number of aryl methyl sites for hydroxylation is 2. The fourth-order valence-corrected chi connectivity index (χ4v) is 9.86. The van der Waals surface area contributed by atoms with E-state index in [1.54, 1.807) is 12.3 Å². The third kappa shape index (κ3) is 5.80. The molecule has 0 spiro atoms. The summed E-state index contributed by atoms with van der Waals surface area (Å²) in [5, 5.41) is 4.93. The molecule has 14 heteroatoms. The molecule has 44 heavy (non-hydrogen) atoms. The number of thioether (sulfide) groups is 1. The predicted molar refractivity (Wildman–Crippen MR) is 166 cm³/mol. The number of amides is 1. The average molecular weight is 662 g/mol. The summed E-state index contributed by atoms with van der Waals surface area (Å²) in [6, 6.07) is 11.8. The number of pyridine rings is 1. The van der Waals surface area contributed by atoms with Crippen molar-refractivity contribution in [3.8, 4) is 10.6 Å². The molecule has 0 saturated carbocycles. The van der Waals surface area contributed by atoms with Crippen molar-refractivity contribution >= 4 is 49.3 Å². The summed E-state index contributed by atoms with van der Waals surface area (Å²) < 4.78 is 69.5. The standard InChI is InChI=1S/C30H30F3N5O3S3/c1-4-18(16-35-44(40,41)27-8-7-25(42-27)23-15-26(30(31,32)33)37(3)36-23)19-10-12-38-24(14-19)28(43-29(38)39)20-9-11-34-22-6-5-17(2)13-21(20)22/h4-9,11,13,15,18-19,24,28,35H,1,10,12,14,16H2,2-3H3/t18-,19-,24-,28+/m0/s1. The van der Waals surface area contributed by atoms with Crippen molar-refractivity contribution in [2.24, 2.45) is 18.9 Å². The second kappa shape index (κ2) is 11.6. The SMILES string of the molecule is C=C[C@@H](CNS(=O)(=O)c1ccc(-c2cc(C(F)(F)F)n(C)n2)s1)[C@H]1CCN2C(=O)S[C@H](c3ccnc4ccc(C)cc34)[C@@H]2C1. The quantitative estimate of drug-likeness (QED) is 0.209. The van der Waals surface area contributed by atoms with E-state index in [4.69, 9.17) is 0 Å². The van der Waals surface area contributed by atoms with Gasteiger partial charge in [0, 0.05) is 37.8 Å². The molecule has 5 heterocycles. The van der Waals surface area contributed by atoms with Crippen molar-refractivity contribution in [1.29, 1.82) is 0 Å². The van der Waals surface area contributed by atoms with E-state index in [9.17, 15) is 26.4 Å². The Kier molecular flexibility index (Phi) is 8.14. The third-order valence-electron chi connectivity index (χ3n) is 8.42. The van der Waals surface area contributed by atoms with Gasteiger partial charge in [-0.15, -0.1) is 17.9 Å². The molecule has 1 amide bonds. The molecule has 8 nitrogen and oxygen atoms in total. The van der Waals surface area contributed by atoms with Gasteiger partial charge in [0.25, 0.3) is 5.24 Å². The first-order chi connectivity index (χ1) is 20.9. The van der Waals surface area contributed by atoms with Crippen LogP contribution in [0.3, 0.4) is 0 Å². The lowest BCUT2D eigenvalue weighted by Gasteiger charge is -2.39. The maximum atomic E-state index is 13.2. The van der Waals surface area contributed by atoms with Crippen LogP contribution in [0, 0.1) is 18.8 Å². The van der Waals surface area contributed by atoms with Crippen LogP contribution in [0.25, 0.3) is 21.5 Å². The number of halogens is 3. The number of fused-ring (bicyclic) bond motifs is 2. The maximum Gasteiger partial charge on any atom is 0.433 e. The number of nitrogens with zero attached hydrogens (tertiary/aromatic N) is 4. The van der Waals surface area contributed by atoms with Gasteiger partial charge in [0.1, 0.15) is 15.6 Å². The van der Waals surface area contributed by atoms with Crippen molar-refractivity contribution < 1.29 is 26.4 Å². The van der Waals surface area contributed by atoms with E-state index in [0.29, 0.717) is 24.3 Å². The molecule has 232 valence electrons. The Hall–Kier alpha value is -3.20. The largest absolute Gasteiger partial charge is 0.433 e. The zero-order chi connectivity index (χ0) is 31.4. The number of benzene rings is 1. The van der Waals surface area contributed by atoms with E-state index in [2.05, 4.69) is 27.5 Å². The number of thiophene rings is 1. The number of hydrogen-bond donors (Lipinski definition) is 1. The third-order valence-corrected chi connectivity index (χ3v) is 12.7. The van der Waals surface area contributed by atoms with E-state index in [1.165, 1.54) is 30.9 Å². The lowest BCUT2D eigenvalue weighted by Crippen LogP contribution is -2.44. The van der Waals surface area contributed by atoms with E-state index in [0.717, 1.165) is 44.1 Å². The smallest absolute Gasteiger partial charge is 0.329 e. The number of rotatable bonds is 8. The molecule has 1 aromatic carbocycles. The number of alkyl halides is 3. The number of piperidine rings is 1. The van der Waals surface area contributed by atoms with Gasteiger partial charge >= 0.3 is 6.18 Å². The second-order valence-electron chi connectivity index (χ2n) is 11.2. The highest BCUT2D eigenvalue weighted by molar-refractivity contribution is 8.14. The zero-order valence-corrected chi connectivity index (χ0v) is 26.4. The Labute approximate surface area is 261 Å². The Bertz CT molecular complexity index is 1850. The molecule has 2 aliphatic rings. The number of nitrogens with one attached hydrogen (secondary N) is 1. The van der Waals surface area contributed by atoms with Crippen LogP contribution in [-0.2, 0) is 23.2 Å². The van der Waals surface area contributed by atoms with Gasteiger partial charge in [-0.1, -0.05) is 29.5 Å². The fraction of sp³-hybridized carbons (Fsp3) is 0.367. The Morgan fingerprint density at radius 3 is 2.73 bits per heavy atom. The summed E-state index contributed by atoms with van der Waals surface area (Å²) in [7, 11) is -2.75. The number of hydrogen-bond acceptors (Lipinski definition) is 7. The lowest BCUT2D eigenvalue weighted by atomic mass is 9.79. The average Bonchev–Trinajstić information content (AvgIpc) is 3.70. The highest BCUT2D eigenvalue weighted by atomic mass is 32.2. The number of carbonyl (C=O) groups excluding carboxylic acids is 1. The number of carbonyl (C=O) groups is 1. The van der Waals surface area contributed by atoms with Crippen LogP contribution < -0.4 is 4.72 Å². The van der Waals surface area contributed by atoms with Gasteiger partial charge in [-0.05, 0) is 73.6 Å². The van der Waals surface area contributed by atoms with Crippen molar-refractivity contribution in [3.63, 3.8) is 0 Å². The van der Waals surface area contributed by atoms with Crippen LogP contribution in [0.1, 0.15) is 34.9 Å². The molecular formula is C30H30F3N5O3S3. The zero-order valence-electron chi connectivity index (χ0n) is 23.9. The summed E-state index contributed by atoms with van der Waals surface area (Å²) in [5.41, 5.74) is 2.20. The van der Waals surface area contributed by atoms with Gasteiger partial charge in [-0.25, -0.2) is 13.1 Å². The molecule has 4 atom stereocenters. The van der Waals surface area contributed by atoms with Gasteiger partial charge in [0.2, 0.25) is 10.0 Å². The molecule has 0 bridgehead atoms. The topological polar surface area (TPSA) is 97.2 Å². The van der Waals surface area contributed by atoms with Crippen LogP contribution in [0.5, 0.6) is 0 Å². The number of aromatic nitrogens is 3. The van der Waals surface area contributed by atoms with Gasteiger partial charge in [-0.3, -0.25) is 14.5 Å². The van der Waals surface area contributed by atoms with Gasteiger partial charge in [-0.2, -0.15) is 18.3 Å². The lowest BCUT2D eigenvalue weighted by molar-refractivity contribution is -0.143. The van der Waals surface area contributed by atoms with Gasteiger partial charge < -0.3 is 4.90 Å². The summed E-state index contributed by atoms with van der Waals surface area (Å²) in [5.74, 6) is -0.0947. The van der Waals surface area contributed by atoms with E-state index < -0.39 is 21.9 Å². The first kappa shape index (κ1) is 30.8. The van der Waals surface area contributed by atoms with Crippen molar-refractivity contribution in [2.45, 2.75) is 41.4 Å². The molecule has 0 radical (unpaired) electrons. The minimum absolute atomic E-state index is 0.0120. The monoisotopic (exact) mass is 661 g/mol. The maximum absolute atomic E-state index is 13.2. The van der Waals surface area contributed by atoms with E-state index >= 15 is 0 Å². The highest BCUT2D eigenvalue weighted by Crippen LogP contribution is 2.50. The summed E-state index contributed by atoms with van der Waals surface area (Å²) in [4.78, 5) is 19.8. The highest BCUT2D eigenvalue weighted by Gasteiger charge is 2.46. The van der Waals surface area contributed by atoms with Crippen molar-refractivity contribution in [2.75, 3.05) is 13.1 Å². The Morgan fingerprint density at radius 1 is 1.20 bits per heavy atom. The van der Waals surface area contributed by atoms with Crippen LogP contribution >= 0.6 is 23.1 Å². The molecule has 2 fully saturated rings. The van der Waals surface area contributed by atoms with E-state index in [1.807, 2.05) is 30.0 Å². The van der Waals surface area contributed by atoms with Crippen LogP contribution in [0.15, 0.2) is 65.5 Å². The van der Waals surface area contributed by atoms with Gasteiger partial charge in [0.15, 0.2) is 0 Å². The first-order valence-electron chi connectivity index (χ1n) is 14.0. The Morgan fingerprint density at radius 2 is 2.00 bits per heavy atom. The summed E-state index contributed by atoms with van der Waals surface area (Å²) >= 11 is 2.20. The Balaban J connectivity index is 1.17. The summed E-state index contributed by atoms with van der Waals surface area (Å²) in [6.45, 7) is 6.70. The molecule has 2 aliphatic heterocycles. The summed E-state index contributed by atoms with van der Waals surface area (Å²) in [6.07, 6.45) is 0.385. The molecule has 4 aromatic rings. The van der Waals surface area contributed by atoms with Gasteiger partial charge in [0.05, 0.1) is 15.6 Å². The van der Waals surface area contributed by atoms with Crippen molar-refractivity contribution in [3.05, 3.63) is 78.1 Å². The number of sulfonamides is 1. The molecule has 0 aliphatic carbocycles. The first-order valence-corrected chi connectivity index (χ1v) is 17.2. The molecule has 2 saturated heterocycles. The molecule has 3 aromatic heterocycles. The minimum Gasteiger partial charge on any atom is -0.329 e. The minimum atomic E-state index is -4.57. The second-order valence-corrected chi connectivity index (χ2v) is 15.3. The van der Waals surface area contributed by atoms with Crippen LogP contribution in [-0.4, -0.2) is 52.5 Å². The van der Waals surface area contributed by atoms with Crippen LogP contribution in [0.2, 0.25) is 0 Å². The molecular weight excluding hydrogens is 632 g/mol. The van der Waals surface area contributed by atoms with E-state index in [-0.39, 0.29) is 44.8 Å². The predicted octanol–water partition coefficient (Wildman–Crippen LogP) is 6.79. The van der Waals surface area contributed by atoms with Crippen LogP contribution in [0.4, 0.5) is 18.0 Å². The fourth-order valence-electron chi connectivity index (χ4n) is 6.16. The molecule has 0 unspecified atom stereocenters. The molecule has 1 N–H and O–H groups in total.